The van der Waals surface area contributed by atoms with Crippen molar-refractivity contribution >= 4 is 29.0 Å². The molecule has 2 aromatic rings. The maximum atomic E-state index is 11.6. The number of hydrogen-bond acceptors (Lipinski definition) is 5. The number of hydrogen-bond donors (Lipinski definition) is 1. The number of thioether (sulfide) groups is 1. The van der Waals surface area contributed by atoms with Gasteiger partial charge in [0.2, 0.25) is 5.91 Å². The molecule has 0 saturated carbocycles. The molecule has 4 nitrogen and oxygen atoms in total. The van der Waals surface area contributed by atoms with E-state index in [0.717, 1.165) is 14.8 Å². The number of aryl methyl sites for hydroxylation is 1. The fraction of sp³-hybridized carbons (Fsp3) is 0.250. The summed E-state index contributed by atoms with van der Waals surface area (Å²) in [6, 6.07) is 3.79. The molecule has 0 aliphatic rings. The van der Waals surface area contributed by atoms with Crippen LogP contribution >= 0.6 is 23.1 Å². The number of thiazole rings is 1. The van der Waals surface area contributed by atoms with Crippen molar-refractivity contribution in [3.05, 3.63) is 40.6 Å². The number of carbonyl (C=O) groups excluding carboxylic acids is 1. The molecule has 2 heterocycles. The van der Waals surface area contributed by atoms with Crippen LogP contribution in [0.25, 0.3) is 0 Å². The van der Waals surface area contributed by atoms with Gasteiger partial charge in [-0.25, -0.2) is 4.98 Å². The Morgan fingerprint density at radius 3 is 2.89 bits per heavy atom. The first kappa shape index (κ1) is 13.0. The standard InChI is InChI=1S/C12H13N3OS2/c1-9-14-6-11(18-9)7-15-12(16)8-17-10-2-4-13-5-3-10/h2-6H,7-8H2,1H3,(H,15,16). The second-order valence-electron chi connectivity index (χ2n) is 3.59. The molecule has 0 saturated heterocycles. The second-order valence-corrected chi connectivity index (χ2v) is 5.96. The predicted octanol–water partition coefficient (Wildman–Crippen LogP) is 2.26. The third-order valence-corrected chi connectivity index (χ3v) is 4.07. The molecule has 0 atom stereocenters. The van der Waals surface area contributed by atoms with Gasteiger partial charge in [-0.05, 0) is 19.1 Å². The minimum absolute atomic E-state index is 0.0304. The molecule has 0 spiro atoms. The Morgan fingerprint density at radius 1 is 1.44 bits per heavy atom. The van der Waals surface area contributed by atoms with E-state index >= 15 is 0 Å². The number of rotatable bonds is 5. The molecule has 94 valence electrons. The largest absolute Gasteiger partial charge is 0.350 e. The van der Waals surface area contributed by atoms with Crippen LogP contribution in [0.4, 0.5) is 0 Å². The Hall–Kier alpha value is -1.40. The zero-order valence-corrected chi connectivity index (χ0v) is 11.6. The van der Waals surface area contributed by atoms with E-state index in [1.54, 1.807) is 29.9 Å². The van der Waals surface area contributed by atoms with E-state index in [-0.39, 0.29) is 5.91 Å². The number of aromatic nitrogens is 2. The van der Waals surface area contributed by atoms with E-state index in [4.69, 9.17) is 0 Å². The molecule has 6 heteroatoms. The number of carbonyl (C=O) groups is 1. The Labute approximate surface area is 114 Å². The van der Waals surface area contributed by atoms with Crippen LogP contribution in [-0.4, -0.2) is 21.6 Å². The van der Waals surface area contributed by atoms with Crippen molar-refractivity contribution < 1.29 is 4.79 Å². The lowest BCUT2D eigenvalue weighted by atomic mass is 10.5. The molecular formula is C12H13N3OS2. The van der Waals surface area contributed by atoms with Gasteiger partial charge in [0.1, 0.15) is 0 Å². The van der Waals surface area contributed by atoms with E-state index in [1.807, 2.05) is 19.1 Å². The molecule has 1 amide bonds. The molecule has 1 N–H and O–H groups in total. The summed E-state index contributed by atoms with van der Waals surface area (Å²) >= 11 is 3.11. The Balaban J connectivity index is 1.73. The lowest BCUT2D eigenvalue weighted by Crippen LogP contribution is -2.24. The number of pyridine rings is 1. The van der Waals surface area contributed by atoms with Gasteiger partial charge in [0, 0.05) is 28.4 Å². The smallest absolute Gasteiger partial charge is 0.230 e. The molecule has 0 bridgehead atoms. The van der Waals surface area contributed by atoms with Crippen LogP contribution in [0.2, 0.25) is 0 Å². The van der Waals surface area contributed by atoms with Gasteiger partial charge in [0.05, 0.1) is 17.3 Å². The zero-order chi connectivity index (χ0) is 12.8. The highest BCUT2D eigenvalue weighted by Gasteiger charge is 2.04. The molecule has 0 unspecified atom stereocenters. The SMILES string of the molecule is Cc1ncc(CNC(=O)CSc2ccncc2)s1. The van der Waals surface area contributed by atoms with Crippen molar-refractivity contribution in [2.45, 2.75) is 18.4 Å². The van der Waals surface area contributed by atoms with E-state index in [1.165, 1.54) is 11.8 Å². The number of nitrogens with one attached hydrogen (secondary N) is 1. The van der Waals surface area contributed by atoms with Gasteiger partial charge in [-0.15, -0.1) is 23.1 Å². The van der Waals surface area contributed by atoms with Crippen LogP contribution in [0.1, 0.15) is 9.88 Å². The second kappa shape index (κ2) is 6.51. The summed E-state index contributed by atoms with van der Waals surface area (Å²) in [5, 5.41) is 3.90. The molecule has 2 rings (SSSR count). The summed E-state index contributed by atoms with van der Waals surface area (Å²) in [7, 11) is 0. The van der Waals surface area contributed by atoms with Crippen molar-refractivity contribution in [2.24, 2.45) is 0 Å². The van der Waals surface area contributed by atoms with Crippen molar-refractivity contribution in [3.8, 4) is 0 Å². The van der Waals surface area contributed by atoms with Crippen LogP contribution in [0.5, 0.6) is 0 Å². The molecule has 0 aromatic carbocycles. The van der Waals surface area contributed by atoms with Crippen LogP contribution in [0, 0.1) is 6.92 Å². The number of nitrogens with zero attached hydrogens (tertiary/aromatic N) is 2. The first-order valence-electron chi connectivity index (χ1n) is 5.45. The average Bonchev–Trinajstić information content (AvgIpc) is 2.81. The van der Waals surface area contributed by atoms with E-state index < -0.39 is 0 Å². The van der Waals surface area contributed by atoms with Crippen molar-refractivity contribution in [3.63, 3.8) is 0 Å². The highest BCUT2D eigenvalue weighted by Crippen LogP contribution is 2.16. The summed E-state index contributed by atoms with van der Waals surface area (Å²) in [6.45, 7) is 2.51. The summed E-state index contributed by atoms with van der Waals surface area (Å²) in [5.41, 5.74) is 0. The van der Waals surface area contributed by atoms with E-state index in [0.29, 0.717) is 12.3 Å². The van der Waals surface area contributed by atoms with Gasteiger partial charge in [-0.1, -0.05) is 0 Å². The van der Waals surface area contributed by atoms with Gasteiger partial charge in [-0.2, -0.15) is 0 Å². The Kier molecular flexibility index (Phi) is 4.72. The van der Waals surface area contributed by atoms with Gasteiger partial charge in [0.15, 0.2) is 0 Å². The highest BCUT2D eigenvalue weighted by molar-refractivity contribution is 8.00. The summed E-state index contributed by atoms with van der Waals surface area (Å²) in [4.78, 5) is 21.8. The molecule has 0 aliphatic carbocycles. The third-order valence-electron chi connectivity index (χ3n) is 2.15. The lowest BCUT2D eigenvalue weighted by molar-refractivity contribution is -0.118. The van der Waals surface area contributed by atoms with Crippen LogP contribution in [0.15, 0.2) is 35.6 Å². The molecule has 2 aromatic heterocycles. The van der Waals surface area contributed by atoms with Crippen LogP contribution in [0.3, 0.4) is 0 Å². The maximum Gasteiger partial charge on any atom is 0.230 e. The molecular weight excluding hydrogens is 266 g/mol. The van der Waals surface area contributed by atoms with Crippen LogP contribution in [-0.2, 0) is 11.3 Å². The third kappa shape index (κ3) is 4.12. The fourth-order valence-electron chi connectivity index (χ4n) is 1.31. The zero-order valence-electron chi connectivity index (χ0n) is 9.92. The Bertz CT molecular complexity index is 513. The van der Waals surface area contributed by atoms with Gasteiger partial charge >= 0.3 is 0 Å². The Morgan fingerprint density at radius 2 is 2.22 bits per heavy atom. The van der Waals surface area contributed by atoms with E-state index in [2.05, 4.69) is 15.3 Å². The molecule has 0 radical (unpaired) electrons. The van der Waals surface area contributed by atoms with Crippen molar-refractivity contribution in [1.82, 2.24) is 15.3 Å². The monoisotopic (exact) mass is 279 g/mol. The first-order chi connectivity index (χ1) is 8.74. The van der Waals surface area contributed by atoms with Crippen LogP contribution < -0.4 is 5.32 Å². The van der Waals surface area contributed by atoms with Gasteiger partial charge in [0.25, 0.3) is 0 Å². The average molecular weight is 279 g/mol. The normalized spacial score (nSPS) is 10.3. The topological polar surface area (TPSA) is 54.9 Å². The maximum absolute atomic E-state index is 11.6. The minimum Gasteiger partial charge on any atom is -0.350 e. The van der Waals surface area contributed by atoms with Crippen molar-refractivity contribution in [1.29, 1.82) is 0 Å². The quantitative estimate of drug-likeness (QED) is 0.853. The van der Waals surface area contributed by atoms with E-state index in [9.17, 15) is 4.79 Å². The van der Waals surface area contributed by atoms with Gasteiger partial charge in [-0.3, -0.25) is 9.78 Å². The summed E-state index contributed by atoms with van der Waals surface area (Å²) in [6.07, 6.45) is 5.25. The summed E-state index contributed by atoms with van der Waals surface area (Å²) < 4.78 is 0. The fourth-order valence-corrected chi connectivity index (χ4v) is 2.76. The molecule has 18 heavy (non-hydrogen) atoms. The predicted molar refractivity (Wildman–Crippen MR) is 73.7 cm³/mol. The van der Waals surface area contributed by atoms with Gasteiger partial charge < -0.3 is 5.32 Å². The lowest BCUT2D eigenvalue weighted by Gasteiger charge is -2.03. The highest BCUT2D eigenvalue weighted by atomic mass is 32.2. The summed E-state index contributed by atoms with van der Waals surface area (Å²) in [5.74, 6) is 0.449. The molecule has 0 fully saturated rings. The minimum atomic E-state index is 0.0304. The number of amides is 1. The first-order valence-corrected chi connectivity index (χ1v) is 7.25. The van der Waals surface area contributed by atoms with Crippen molar-refractivity contribution in [2.75, 3.05) is 5.75 Å². The molecule has 0 aliphatic heterocycles.